The zero-order valence-corrected chi connectivity index (χ0v) is 12.1. The maximum absolute atomic E-state index is 13.0. The van der Waals surface area contributed by atoms with E-state index >= 15 is 0 Å². The Bertz CT molecular complexity index is 668. The number of benzene rings is 1. The lowest BCUT2D eigenvalue weighted by Crippen LogP contribution is -2.40. The molecule has 0 saturated heterocycles. The van der Waals surface area contributed by atoms with Gasteiger partial charge in [-0.3, -0.25) is 4.79 Å². The Morgan fingerprint density at radius 2 is 2.15 bits per heavy atom. The Morgan fingerprint density at radius 1 is 1.55 bits per heavy atom. The van der Waals surface area contributed by atoms with Gasteiger partial charge in [-0.2, -0.15) is 5.26 Å². The first-order chi connectivity index (χ1) is 9.20. The highest BCUT2D eigenvalue weighted by Gasteiger charge is 2.35. The quantitative estimate of drug-likeness (QED) is 0.821. The molecule has 0 spiro atoms. The van der Waals surface area contributed by atoms with Crippen LogP contribution in [0.15, 0.2) is 18.2 Å². The van der Waals surface area contributed by atoms with Crippen LogP contribution in [-0.2, 0) is 21.1 Å². The number of nitriles is 1. The van der Waals surface area contributed by atoms with Crippen LogP contribution in [0.1, 0.15) is 18.1 Å². The van der Waals surface area contributed by atoms with E-state index in [0.29, 0.717) is 0 Å². The predicted molar refractivity (Wildman–Crippen MR) is 72.0 cm³/mol. The van der Waals surface area contributed by atoms with Crippen molar-refractivity contribution < 1.29 is 17.6 Å². The average molecular weight is 319 g/mol. The number of amides is 1. The molecule has 5 nitrogen and oxygen atoms in total. The van der Waals surface area contributed by atoms with Crippen LogP contribution >= 0.6 is 11.6 Å². The zero-order valence-electron chi connectivity index (χ0n) is 10.5. The van der Waals surface area contributed by atoms with E-state index in [2.05, 4.69) is 0 Å². The van der Waals surface area contributed by atoms with Crippen LogP contribution in [0.4, 0.5) is 4.39 Å². The van der Waals surface area contributed by atoms with Crippen LogP contribution in [-0.4, -0.2) is 24.3 Å². The molecular weight excluding hydrogens is 307 g/mol. The number of sulfone groups is 1. The minimum Gasteiger partial charge on any atom is -0.369 e. The fourth-order valence-electron chi connectivity index (χ4n) is 1.64. The second kappa shape index (κ2) is 6.20. The fourth-order valence-corrected chi connectivity index (χ4v) is 3.20. The Kier molecular flexibility index (Phi) is 5.09. The molecule has 0 radical (unpaired) electrons. The van der Waals surface area contributed by atoms with Gasteiger partial charge in [0.2, 0.25) is 5.91 Å². The Hall–Kier alpha value is -1.65. The molecule has 1 aromatic rings. The van der Waals surface area contributed by atoms with Crippen LogP contribution in [0.25, 0.3) is 0 Å². The number of carbonyl (C=O) groups is 1. The van der Waals surface area contributed by atoms with E-state index in [1.165, 1.54) is 13.0 Å². The minimum atomic E-state index is -3.98. The maximum Gasteiger partial charge on any atom is 0.236 e. The smallest absolute Gasteiger partial charge is 0.236 e. The van der Waals surface area contributed by atoms with E-state index in [-0.39, 0.29) is 17.5 Å². The van der Waals surface area contributed by atoms with Crippen molar-refractivity contribution in [3.63, 3.8) is 0 Å². The molecule has 0 fully saturated rings. The lowest BCUT2D eigenvalue weighted by molar-refractivity contribution is -0.117. The van der Waals surface area contributed by atoms with Crippen molar-refractivity contribution in [3.05, 3.63) is 35.1 Å². The van der Waals surface area contributed by atoms with Gasteiger partial charge < -0.3 is 5.73 Å². The third-order valence-corrected chi connectivity index (χ3v) is 5.61. The lowest BCUT2D eigenvalue weighted by atomic mass is 10.0. The Balaban J connectivity index is 3.24. The van der Waals surface area contributed by atoms with Crippen LogP contribution in [0.5, 0.6) is 0 Å². The summed E-state index contributed by atoms with van der Waals surface area (Å²) in [5, 5.41) is 7.34. The van der Waals surface area contributed by atoms with Crippen molar-refractivity contribution in [2.75, 3.05) is 0 Å². The summed E-state index contributed by atoms with van der Waals surface area (Å²) in [6.07, 6.45) is -0.322. The second-order valence-electron chi connectivity index (χ2n) is 4.14. The lowest BCUT2D eigenvalue weighted by Gasteiger charge is -2.16. The molecule has 0 aromatic heterocycles. The number of primary amides is 1. The molecule has 0 aliphatic heterocycles. The molecule has 0 aliphatic rings. The van der Waals surface area contributed by atoms with Crippen LogP contribution in [0.3, 0.4) is 0 Å². The highest BCUT2D eigenvalue weighted by atomic mass is 35.5. The zero-order chi connectivity index (χ0) is 15.5. The third kappa shape index (κ3) is 3.46. The van der Waals surface area contributed by atoms with Gasteiger partial charge in [0.05, 0.1) is 11.6 Å². The van der Waals surface area contributed by atoms with Crippen molar-refractivity contribution in [3.8, 4) is 6.07 Å². The summed E-state index contributed by atoms with van der Waals surface area (Å²) in [4.78, 5) is 11.3. The van der Waals surface area contributed by atoms with E-state index in [9.17, 15) is 17.6 Å². The van der Waals surface area contributed by atoms with Gasteiger partial charge in [0.25, 0.3) is 0 Å². The number of nitrogens with zero attached hydrogens (tertiary/aromatic N) is 1. The number of hydrogen-bond acceptors (Lipinski definition) is 4. The number of alkyl halides is 1. The van der Waals surface area contributed by atoms with Crippen molar-refractivity contribution in [1.82, 2.24) is 0 Å². The first-order valence-corrected chi connectivity index (χ1v) is 7.59. The van der Waals surface area contributed by atoms with Gasteiger partial charge in [-0.05, 0) is 31.0 Å². The third-order valence-electron chi connectivity index (χ3n) is 2.76. The number of hydrogen-bond donors (Lipinski definition) is 1. The number of carbonyl (C=O) groups excluding carboxylic acids is 1. The normalized spacial score (nSPS) is 14.3. The van der Waals surface area contributed by atoms with Crippen molar-refractivity contribution in [2.45, 2.75) is 23.3 Å². The fraction of sp³-hybridized carbons (Fsp3) is 0.333. The van der Waals surface area contributed by atoms with Gasteiger partial charge >= 0.3 is 0 Å². The van der Waals surface area contributed by atoms with Gasteiger partial charge in [0, 0.05) is 0 Å². The first-order valence-electron chi connectivity index (χ1n) is 5.54. The van der Waals surface area contributed by atoms with Crippen molar-refractivity contribution >= 4 is 27.3 Å². The largest absolute Gasteiger partial charge is 0.369 e. The molecule has 2 atom stereocenters. The first kappa shape index (κ1) is 16.4. The topological polar surface area (TPSA) is 101 Å². The van der Waals surface area contributed by atoms with Crippen LogP contribution < -0.4 is 5.73 Å². The van der Waals surface area contributed by atoms with E-state index in [4.69, 9.17) is 22.6 Å². The summed E-state index contributed by atoms with van der Waals surface area (Å²) < 4.78 is 35.6. The molecule has 8 heteroatoms. The SMILES string of the molecule is CC(Cl)S(=O)(=O)C(Cc1ccc(F)cc1C#N)C(N)=O. The molecule has 1 amide bonds. The summed E-state index contributed by atoms with van der Waals surface area (Å²) in [6, 6.07) is 5.03. The number of rotatable bonds is 5. The van der Waals surface area contributed by atoms with E-state index in [1.807, 2.05) is 0 Å². The second-order valence-corrected chi connectivity index (χ2v) is 7.51. The average Bonchev–Trinajstić information content (AvgIpc) is 2.36. The van der Waals surface area contributed by atoms with Gasteiger partial charge in [-0.1, -0.05) is 6.07 Å². The summed E-state index contributed by atoms with van der Waals surface area (Å²) in [7, 11) is -3.98. The maximum atomic E-state index is 13.0. The summed E-state index contributed by atoms with van der Waals surface area (Å²) in [5.41, 5.74) is 5.27. The highest BCUT2D eigenvalue weighted by molar-refractivity contribution is 7.94. The monoisotopic (exact) mass is 318 g/mol. The molecular formula is C12H12ClFN2O3S. The number of halogens is 2. The molecule has 0 saturated carbocycles. The molecule has 2 N–H and O–H groups in total. The van der Waals surface area contributed by atoms with Crippen LogP contribution in [0, 0.1) is 17.1 Å². The van der Waals surface area contributed by atoms with E-state index in [1.54, 1.807) is 6.07 Å². The van der Waals surface area contributed by atoms with E-state index < -0.39 is 31.5 Å². The highest BCUT2D eigenvalue weighted by Crippen LogP contribution is 2.20. The Labute approximate surface area is 121 Å². The molecule has 2 unspecified atom stereocenters. The molecule has 1 aromatic carbocycles. The van der Waals surface area contributed by atoms with E-state index in [0.717, 1.165) is 12.1 Å². The summed E-state index contributed by atoms with van der Waals surface area (Å²) in [6.45, 7) is 1.21. The molecule has 20 heavy (non-hydrogen) atoms. The summed E-state index contributed by atoms with van der Waals surface area (Å²) in [5.74, 6) is -1.69. The van der Waals surface area contributed by atoms with Gasteiger partial charge in [0.1, 0.15) is 15.8 Å². The number of nitrogens with two attached hydrogens (primary N) is 1. The van der Waals surface area contributed by atoms with Crippen LogP contribution in [0.2, 0.25) is 0 Å². The molecule has 108 valence electrons. The Morgan fingerprint density at radius 3 is 2.60 bits per heavy atom. The standard InChI is InChI=1S/C12H12ClFN2O3S/c1-7(13)20(18,19)11(12(16)17)5-8-2-3-10(14)4-9(8)6-15/h2-4,7,11H,5H2,1H3,(H2,16,17). The van der Waals surface area contributed by atoms with Gasteiger partial charge in [-0.15, -0.1) is 11.6 Å². The van der Waals surface area contributed by atoms with Crippen molar-refractivity contribution in [2.24, 2.45) is 5.73 Å². The van der Waals surface area contributed by atoms with Crippen molar-refractivity contribution in [1.29, 1.82) is 5.26 Å². The molecule has 0 heterocycles. The molecule has 1 rings (SSSR count). The minimum absolute atomic E-state index is 0.0475. The predicted octanol–water partition coefficient (Wildman–Crippen LogP) is 1.09. The summed E-state index contributed by atoms with van der Waals surface area (Å²) >= 11 is 5.55. The molecule has 0 bridgehead atoms. The molecule has 0 aliphatic carbocycles. The van der Waals surface area contributed by atoms with Gasteiger partial charge in [-0.25, -0.2) is 12.8 Å². The van der Waals surface area contributed by atoms with Gasteiger partial charge in [0.15, 0.2) is 9.84 Å².